The second-order valence-electron chi connectivity index (χ2n) is 3.84. The number of carbonyl (C=O) groups excluding carboxylic acids is 1. The van der Waals surface area contributed by atoms with Gasteiger partial charge in [0.15, 0.2) is 0 Å². The van der Waals surface area contributed by atoms with E-state index in [0.717, 1.165) is 16.4 Å². The van der Waals surface area contributed by atoms with E-state index in [1.54, 1.807) is 16.8 Å². The van der Waals surface area contributed by atoms with Crippen molar-refractivity contribution in [1.82, 2.24) is 10.4 Å². The molecule has 1 atom stereocenters. The number of nitrogens with one attached hydrogen (secondary N) is 1. The first-order valence-corrected chi connectivity index (χ1v) is 5.99. The summed E-state index contributed by atoms with van der Waals surface area (Å²) in [5.74, 6) is 0.988. The number of hydrogen-bond donors (Lipinski definition) is 1. The Hall–Kier alpha value is -1.49. The molecular weight excluding hydrogens is 222 g/mol. The topological polar surface area (TPSA) is 44.7 Å². The van der Waals surface area contributed by atoms with Crippen LogP contribution in [0.25, 0.3) is 0 Å². The monoisotopic (exact) mass is 233 g/mol. The number of para-hydroxylation sites is 1. The highest BCUT2D eigenvalue weighted by Crippen LogP contribution is 2.39. The first-order chi connectivity index (χ1) is 7.74. The van der Waals surface area contributed by atoms with Crippen LogP contribution in [0.3, 0.4) is 0 Å². The molecule has 1 amide bonds. The molecule has 1 aromatic carbocycles. The summed E-state index contributed by atoms with van der Waals surface area (Å²) in [6.07, 6.45) is 0.502. The summed E-state index contributed by atoms with van der Waals surface area (Å²) in [7, 11) is 1.83. The predicted molar refractivity (Wildman–Crippen MR) is 63.7 cm³/mol. The molecule has 2 heterocycles. The molecule has 0 spiro atoms. The van der Waals surface area contributed by atoms with Crippen molar-refractivity contribution in [1.29, 1.82) is 0 Å². The Kier molecular flexibility index (Phi) is 2.14. The third kappa shape index (κ3) is 1.48. The van der Waals surface area contributed by atoms with E-state index in [9.17, 15) is 4.79 Å². The van der Waals surface area contributed by atoms with Crippen LogP contribution in [0.1, 0.15) is 6.42 Å². The Morgan fingerprint density at radius 2 is 2.31 bits per heavy atom. The molecule has 1 N–H and O–H groups in total. The summed E-state index contributed by atoms with van der Waals surface area (Å²) in [5.41, 5.74) is 3.75. The van der Waals surface area contributed by atoms with Crippen molar-refractivity contribution in [2.75, 3.05) is 7.05 Å². The molecule has 0 radical (unpaired) electrons. The molecule has 1 fully saturated rings. The van der Waals surface area contributed by atoms with Gasteiger partial charge in [-0.05, 0) is 12.1 Å². The predicted octanol–water partition coefficient (Wildman–Crippen LogP) is 1.56. The number of benzene rings is 1. The van der Waals surface area contributed by atoms with Gasteiger partial charge in [0.25, 0.3) is 0 Å². The first kappa shape index (κ1) is 9.72. The van der Waals surface area contributed by atoms with Crippen molar-refractivity contribution in [2.45, 2.75) is 16.6 Å². The number of hydrazine groups is 1. The SMILES string of the molecule is CN1NC(=O)C[C@@H]2Sc3ccccc3N=C21. The fourth-order valence-corrected chi connectivity index (χ4v) is 3.18. The van der Waals surface area contributed by atoms with E-state index in [2.05, 4.69) is 10.4 Å². The van der Waals surface area contributed by atoms with Crippen LogP contribution in [-0.2, 0) is 4.79 Å². The van der Waals surface area contributed by atoms with Gasteiger partial charge in [0.1, 0.15) is 5.84 Å². The molecule has 2 aliphatic heterocycles. The number of hydrogen-bond acceptors (Lipinski definition) is 4. The number of amides is 1. The maximum atomic E-state index is 11.4. The van der Waals surface area contributed by atoms with Crippen LogP contribution in [0.15, 0.2) is 34.2 Å². The number of rotatable bonds is 0. The summed E-state index contributed by atoms with van der Waals surface area (Å²) >= 11 is 1.72. The lowest BCUT2D eigenvalue weighted by Crippen LogP contribution is -2.53. The molecule has 5 heteroatoms. The van der Waals surface area contributed by atoms with E-state index >= 15 is 0 Å². The summed E-state index contributed by atoms with van der Waals surface area (Å²) in [5, 5.41) is 1.87. The van der Waals surface area contributed by atoms with Crippen molar-refractivity contribution in [2.24, 2.45) is 4.99 Å². The van der Waals surface area contributed by atoms with Gasteiger partial charge in [-0.15, -0.1) is 11.8 Å². The molecule has 16 heavy (non-hydrogen) atoms. The third-order valence-corrected chi connectivity index (χ3v) is 3.93. The Morgan fingerprint density at radius 1 is 1.50 bits per heavy atom. The summed E-state index contributed by atoms with van der Waals surface area (Å²) < 4.78 is 0. The van der Waals surface area contributed by atoms with Crippen molar-refractivity contribution >= 4 is 29.2 Å². The van der Waals surface area contributed by atoms with Crippen molar-refractivity contribution in [3.63, 3.8) is 0 Å². The van der Waals surface area contributed by atoms with E-state index < -0.39 is 0 Å². The fraction of sp³-hybridized carbons (Fsp3) is 0.273. The van der Waals surface area contributed by atoms with Gasteiger partial charge in [0.2, 0.25) is 5.91 Å². The van der Waals surface area contributed by atoms with Gasteiger partial charge in [-0.3, -0.25) is 15.2 Å². The number of aliphatic imine (C=N–C) groups is 1. The average molecular weight is 233 g/mol. The second kappa shape index (κ2) is 3.52. The lowest BCUT2D eigenvalue weighted by molar-refractivity contribution is -0.124. The third-order valence-electron chi connectivity index (χ3n) is 2.66. The van der Waals surface area contributed by atoms with Crippen LogP contribution in [-0.4, -0.2) is 29.0 Å². The smallest absolute Gasteiger partial charge is 0.240 e. The van der Waals surface area contributed by atoms with Crippen molar-refractivity contribution in [3.8, 4) is 0 Å². The minimum absolute atomic E-state index is 0.0540. The van der Waals surface area contributed by atoms with E-state index in [0.29, 0.717) is 6.42 Å². The summed E-state index contributed by atoms with van der Waals surface area (Å²) in [4.78, 5) is 17.2. The number of amidine groups is 1. The van der Waals surface area contributed by atoms with Crippen LogP contribution in [0.5, 0.6) is 0 Å². The second-order valence-corrected chi connectivity index (χ2v) is 5.09. The van der Waals surface area contributed by atoms with Crippen LogP contribution < -0.4 is 5.43 Å². The average Bonchev–Trinajstić information content (AvgIpc) is 2.27. The molecule has 3 rings (SSSR count). The highest BCUT2D eigenvalue weighted by atomic mass is 32.2. The van der Waals surface area contributed by atoms with E-state index in [1.807, 2.05) is 31.3 Å². The van der Waals surface area contributed by atoms with Crippen molar-refractivity contribution in [3.05, 3.63) is 24.3 Å². The normalized spacial score (nSPS) is 23.1. The van der Waals surface area contributed by atoms with Gasteiger partial charge >= 0.3 is 0 Å². The van der Waals surface area contributed by atoms with Crippen LogP contribution >= 0.6 is 11.8 Å². The van der Waals surface area contributed by atoms with Gasteiger partial charge < -0.3 is 0 Å². The zero-order valence-corrected chi connectivity index (χ0v) is 9.62. The molecule has 0 aliphatic carbocycles. The first-order valence-electron chi connectivity index (χ1n) is 5.11. The molecule has 4 nitrogen and oxygen atoms in total. The largest absolute Gasteiger partial charge is 0.274 e. The zero-order valence-electron chi connectivity index (χ0n) is 8.80. The number of carbonyl (C=O) groups is 1. The summed E-state index contributed by atoms with van der Waals surface area (Å²) in [6, 6.07) is 8.02. The van der Waals surface area contributed by atoms with Gasteiger partial charge in [-0.25, -0.2) is 4.99 Å². The minimum Gasteiger partial charge on any atom is -0.274 e. The van der Waals surface area contributed by atoms with E-state index in [1.165, 1.54) is 0 Å². The molecule has 1 saturated heterocycles. The van der Waals surface area contributed by atoms with Gasteiger partial charge in [-0.2, -0.15) is 0 Å². The maximum absolute atomic E-state index is 11.4. The Labute approximate surface area is 97.7 Å². The van der Waals surface area contributed by atoms with Gasteiger partial charge in [0, 0.05) is 18.4 Å². The van der Waals surface area contributed by atoms with Gasteiger partial charge in [-0.1, -0.05) is 12.1 Å². The van der Waals surface area contributed by atoms with Crippen LogP contribution in [0.4, 0.5) is 5.69 Å². The number of nitrogens with zero attached hydrogens (tertiary/aromatic N) is 2. The Balaban J connectivity index is 2.04. The highest BCUT2D eigenvalue weighted by molar-refractivity contribution is 8.01. The molecule has 0 bridgehead atoms. The fourth-order valence-electron chi connectivity index (χ4n) is 1.93. The molecule has 2 aliphatic rings. The van der Waals surface area contributed by atoms with Crippen LogP contribution in [0.2, 0.25) is 0 Å². The molecule has 1 aromatic rings. The summed E-state index contributed by atoms with van der Waals surface area (Å²) in [6.45, 7) is 0. The quantitative estimate of drug-likeness (QED) is 0.739. The van der Waals surface area contributed by atoms with Gasteiger partial charge in [0.05, 0.1) is 10.9 Å². The maximum Gasteiger partial charge on any atom is 0.240 e. The van der Waals surface area contributed by atoms with E-state index in [-0.39, 0.29) is 11.2 Å². The lowest BCUT2D eigenvalue weighted by Gasteiger charge is -2.35. The molecular formula is C11H11N3OS. The lowest BCUT2D eigenvalue weighted by atomic mass is 10.2. The molecule has 0 unspecified atom stereocenters. The Bertz CT molecular complexity index is 486. The molecule has 0 aromatic heterocycles. The van der Waals surface area contributed by atoms with Crippen LogP contribution in [0, 0.1) is 0 Å². The number of fused-ring (bicyclic) bond motifs is 2. The molecule has 0 saturated carbocycles. The Morgan fingerprint density at radius 3 is 3.19 bits per heavy atom. The molecule has 82 valence electrons. The highest BCUT2D eigenvalue weighted by Gasteiger charge is 2.33. The number of thioether (sulfide) groups is 1. The zero-order chi connectivity index (χ0) is 11.1. The standard InChI is InChI=1S/C11H11N3OS/c1-14-11-9(6-10(15)13-14)16-8-5-3-2-4-7(8)12-11/h2-5,9H,6H2,1H3,(H,13,15)/t9-/m0/s1. The van der Waals surface area contributed by atoms with E-state index in [4.69, 9.17) is 0 Å². The minimum atomic E-state index is 0.0540. The van der Waals surface area contributed by atoms with Crippen molar-refractivity contribution < 1.29 is 4.79 Å².